The van der Waals surface area contributed by atoms with Gasteiger partial charge in [-0.25, -0.2) is 8.42 Å². The molecule has 1 atom stereocenters. The molecular weight excluding hydrogens is 486 g/mol. The Morgan fingerprint density at radius 3 is 2.26 bits per heavy atom. The van der Waals surface area contributed by atoms with Crippen LogP contribution in [-0.2, 0) is 26.2 Å². The molecule has 0 unspecified atom stereocenters. The second kappa shape index (κ2) is 12.4. The van der Waals surface area contributed by atoms with Crippen molar-refractivity contribution in [3.8, 4) is 0 Å². The predicted molar refractivity (Wildman–Crippen MR) is 142 cm³/mol. The van der Waals surface area contributed by atoms with Crippen molar-refractivity contribution in [1.29, 1.82) is 0 Å². The topological polar surface area (TPSA) is 86.8 Å². The number of anilines is 1. The molecule has 2 rings (SSSR count). The second-order valence-electron chi connectivity index (χ2n) is 9.21. The maximum atomic E-state index is 13.7. The van der Waals surface area contributed by atoms with Crippen LogP contribution in [0.25, 0.3) is 0 Å². The van der Waals surface area contributed by atoms with Crippen molar-refractivity contribution in [3.63, 3.8) is 0 Å². The Morgan fingerprint density at radius 1 is 1.06 bits per heavy atom. The van der Waals surface area contributed by atoms with E-state index in [9.17, 15) is 18.0 Å². The SMILES string of the molecule is CC[C@H](C(=O)NCC(C)C)N(Cc1ccccc1Cl)C(=O)CN(c1ccc(C)c(C)c1)S(C)(=O)=O. The maximum Gasteiger partial charge on any atom is 0.244 e. The summed E-state index contributed by atoms with van der Waals surface area (Å²) in [6.45, 7) is 9.74. The monoisotopic (exact) mass is 521 g/mol. The minimum Gasteiger partial charge on any atom is -0.354 e. The van der Waals surface area contributed by atoms with Crippen molar-refractivity contribution in [2.45, 2.75) is 53.6 Å². The molecule has 7 nitrogen and oxygen atoms in total. The molecule has 2 aromatic carbocycles. The number of amides is 2. The largest absolute Gasteiger partial charge is 0.354 e. The quantitative estimate of drug-likeness (QED) is 0.477. The summed E-state index contributed by atoms with van der Waals surface area (Å²) in [5, 5.41) is 3.37. The van der Waals surface area contributed by atoms with E-state index in [0.717, 1.165) is 21.7 Å². The second-order valence-corrected chi connectivity index (χ2v) is 11.5. The Labute approximate surface area is 214 Å². The summed E-state index contributed by atoms with van der Waals surface area (Å²) in [5.74, 6) is -0.520. The van der Waals surface area contributed by atoms with Crippen LogP contribution in [0.3, 0.4) is 0 Å². The molecule has 192 valence electrons. The lowest BCUT2D eigenvalue weighted by Crippen LogP contribution is -2.52. The number of aryl methyl sites for hydroxylation is 2. The average molecular weight is 522 g/mol. The molecule has 0 aliphatic carbocycles. The number of nitrogens with one attached hydrogen (secondary N) is 1. The summed E-state index contributed by atoms with van der Waals surface area (Å²) in [5.41, 5.74) is 3.01. The summed E-state index contributed by atoms with van der Waals surface area (Å²) in [6.07, 6.45) is 1.43. The number of hydrogen-bond donors (Lipinski definition) is 1. The van der Waals surface area contributed by atoms with Crippen LogP contribution in [0.5, 0.6) is 0 Å². The Balaban J connectivity index is 2.45. The van der Waals surface area contributed by atoms with E-state index in [1.54, 1.807) is 30.3 Å². The predicted octanol–water partition coefficient (Wildman–Crippen LogP) is 4.30. The zero-order valence-corrected chi connectivity index (χ0v) is 22.9. The first kappa shape index (κ1) is 28.7. The van der Waals surface area contributed by atoms with Gasteiger partial charge >= 0.3 is 0 Å². The van der Waals surface area contributed by atoms with Crippen molar-refractivity contribution in [3.05, 3.63) is 64.2 Å². The standard InChI is InChI=1S/C26H36ClN3O4S/c1-7-24(26(32)28-15-18(2)3)29(16-21-10-8-9-11-23(21)27)25(31)17-30(35(6,33)34)22-13-12-19(4)20(5)14-22/h8-14,18,24H,7,15-17H2,1-6H3,(H,28,32)/t24-/m1/s1. The van der Waals surface area contributed by atoms with Gasteiger partial charge in [0.15, 0.2) is 0 Å². The maximum absolute atomic E-state index is 13.7. The molecule has 0 saturated carbocycles. The summed E-state index contributed by atoms with van der Waals surface area (Å²) in [6, 6.07) is 11.6. The van der Waals surface area contributed by atoms with Crippen LogP contribution in [-0.4, -0.2) is 50.5 Å². The molecule has 0 radical (unpaired) electrons. The minimum absolute atomic E-state index is 0.0800. The lowest BCUT2D eigenvalue weighted by molar-refractivity contribution is -0.140. The number of carbonyl (C=O) groups excluding carboxylic acids is 2. The van der Waals surface area contributed by atoms with E-state index >= 15 is 0 Å². The fourth-order valence-electron chi connectivity index (χ4n) is 3.65. The molecule has 0 aromatic heterocycles. The van der Waals surface area contributed by atoms with E-state index in [0.29, 0.717) is 29.2 Å². The number of benzene rings is 2. The zero-order valence-electron chi connectivity index (χ0n) is 21.3. The number of rotatable bonds is 11. The van der Waals surface area contributed by atoms with Gasteiger partial charge in [-0.2, -0.15) is 0 Å². The summed E-state index contributed by atoms with van der Waals surface area (Å²) < 4.78 is 26.5. The molecule has 0 spiro atoms. The molecule has 0 aliphatic heterocycles. The first-order chi connectivity index (χ1) is 16.3. The van der Waals surface area contributed by atoms with Crippen molar-refractivity contribution < 1.29 is 18.0 Å². The molecule has 1 N–H and O–H groups in total. The number of nitrogens with zero attached hydrogens (tertiary/aromatic N) is 2. The molecule has 0 saturated heterocycles. The van der Waals surface area contributed by atoms with Crippen LogP contribution in [0.1, 0.15) is 43.9 Å². The van der Waals surface area contributed by atoms with E-state index in [1.807, 2.05) is 46.8 Å². The molecule has 0 aliphatic rings. The highest BCUT2D eigenvalue weighted by Gasteiger charge is 2.32. The smallest absolute Gasteiger partial charge is 0.244 e. The van der Waals surface area contributed by atoms with Crippen molar-refractivity contribution in [2.75, 3.05) is 23.7 Å². The Hall–Kier alpha value is -2.58. The van der Waals surface area contributed by atoms with Gasteiger partial charge in [0.25, 0.3) is 0 Å². The lowest BCUT2D eigenvalue weighted by Gasteiger charge is -2.33. The summed E-state index contributed by atoms with van der Waals surface area (Å²) in [4.78, 5) is 28.2. The van der Waals surface area contributed by atoms with E-state index in [4.69, 9.17) is 11.6 Å². The van der Waals surface area contributed by atoms with Gasteiger partial charge in [-0.15, -0.1) is 0 Å². The fraction of sp³-hybridized carbons (Fsp3) is 0.462. The van der Waals surface area contributed by atoms with Crippen molar-refractivity contribution in [2.24, 2.45) is 5.92 Å². The first-order valence-corrected chi connectivity index (χ1v) is 13.9. The first-order valence-electron chi connectivity index (χ1n) is 11.7. The third kappa shape index (κ3) is 7.97. The van der Waals surface area contributed by atoms with Crippen LogP contribution in [0.15, 0.2) is 42.5 Å². The van der Waals surface area contributed by atoms with Gasteiger partial charge in [0, 0.05) is 18.1 Å². The van der Waals surface area contributed by atoms with Gasteiger partial charge in [-0.05, 0) is 61.1 Å². The van der Waals surface area contributed by atoms with E-state index in [2.05, 4.69) is 5.32 Å². The molecule has 35 heavy (non-hydrogen) atoms. The molecule has 2 amide bonds. The van der Waals surface area contributed by atoms with Crippen LogP contribution in [0, 0.1) is 19.8 Å². The number of halogens is 1. The lowest BCUT2D eigenvalue weighted by atomic mass is 10.1. The third-order valence-electron chi connectivity index (χ3n) is 5.83. The Bertz CT molecular complexity index is 1150. The molecular formula is C26H36ClN3O4S. The Kier molecular flexibility index (Phi) is 10.2. The van der Waals surface area contributed by atoms with E-state index < -0.39 is 28.5 Å². The van der Waals surface area contributed by atoms with Gasteiger partial charge in [0.1, 0.15) is 12.6 Å². The molecule has 2 aromatic rings. The molecule has 9 heteroatoms. The van der Waals surface area contributed by atoms with Crippen molar-refractivity contribution >= 4 is 39.1 Å². The van der Waals surface area contributed by atoms with E-state index in [1.165, 1.54) is 4.90 Å². The molecule has 0 bridgehead atoms. The average Bonchev–Trinajstić information content (AvgIpc) is 2.78. The fourth-order valence-corrected chi connectivity index (χ4v) is 4.68. The van der Waals surface area contributed by atoms with Gasteiger partial charge in [0.2, 0.25) is 21.8 Å². The van der Waals surface area contributed by atoms with Crippen LogP contribution >= 0.6 is 11.6 Å². The summed E-state index contributed by atoms with van der Waals surface area (Å²) in [7, 11) is -3.77. The molecule has 0 fully saturated rings. The van der Waals surface area contributed by atoms with Crippen LogP contribution in [0.2, 0.25) is 5.02 Å². The number of hydrogen-bond acceptors (Lipinski definition) is 4. The van der Waals surface area contributed by atoms with Gasteiger partial charge < -0.3 is 10.2 Å². The highest BCUT2D eigenvalue weighted by atomic mass is 35.5. The minimum atomic E-state index is -3.77. The van der Waals surface area contributed by atoms with Crippen LogP contribution < -0.4 is 9.62 Å². The third-order valence-corrected chi connectivity index (χ3v) is 7.34. The van der Waals surface area contributed by atoms with E-state index in [-0.39, 0.29) is 18.4 Å². The number of sulfonamides is 1. The number of carbonyl (C=O) groups is 2. The normalized spacial score (nSPS) is 12.3. The van der Waals surface area contributed by atoms with Gasteiger partial charge in [0.05, 0.1) is 11.9 Å². The van der Waals surface area contributed by atoms with Crippen LogP contribution in [0.4, 0.5) is 5.69 Å². The van der Waals surface area contributed by atoms with Crippen molar-refractivity contribution in [1.82, 2.24) is 10.2 Å². The molecule has 0 heterocycles. The zero-order chi connectivity index (χ0) is 26.3. The van der Waals surface area contributed by atoms with Gasteiger partial charge in [-0.3, -0.25) is 13.9 Å². The highest BCUT2D eigenvalue weighted by Crippen LogP contribution is 2.24. The Morgan fingerprint density at radius 2 is 1.71 bits per heavy atom. The highest BCUT2D eigenvalue weighted by molar-refractivity contribution is 7.92. The van der Waals surface area contributed by atoms with Gasteiger partial charge in [-0.1, -0.05) is 56.6 Å². The summed E-state index contributed by atoms with van der Waals surface area (Å²) >= 11 is 6.36.